The number of nitrogens with one attached hydrogen (secondary N) is 2. The van der Waals surface area contributed by atoms with Gasteiger partial charge in [-0.2, -0.15) is 18.3 Å². The molecule has 0 bridgehead atoms. The minimum Gasteiger partial charge on any atom is -0.395 e. The van der Waals surface area contributed by atoms with E-state index in [9.17, 15) is 18.0 Å². The van der Waals surface area contributed by atoms with Gasteiger partial charge in [-0.3, -0.25) is 9.89 Å². The lowest BCUT2D eigenvalue weighted by Crippen LogP contribution is -2.26. The van der Waals surface area contributed by atoms with Gasteiger partial charge >= 0.3 is 6.18 Å². The lowest BCUT2D eigenvalue weighted by molar-refractivity contribution is -0.135. The first-order valence-electron chi connectivity index (χ1n) is 6.52. The predicted octanol–water partition coefficient (Wildman–Crippen LogP) is 2.41. The second kappa shape index (κ2) is 7.16. The maximum absolute atomic E-state index is 11.9. The van der Waals surface area contributed by atoms with Gasteiger partial charge in [0.05, 0.1) is 11.4 Å². The summed E-state index contributed by atoms with van der Waals surface area (Å²) in [6.45, 7) is 2.14. The molecule has 4 N–H and O–H groups in total. The van der Waals surface area contributed by atoms with Gasteiger partial charge in [0.2, 0.25) is 0 Å². The van der Waals surface area contributed by atoms with Crippen LogP contribution in [0.3, 0.4) is 0 Å². The minimum absolute atomic E-state index is 0.0130. The summed E-state index contributed by atoms with van der Waals surface area (Å²) in [5.74, 6) is -0.465. The van der Waals surface area contributed by atoms with E-state index < -0.39 is 18.5 Å². The molecule has 0 spiro atoms. The normalized spacial score (nSPS) is 11.6. The highest BCUT2D eigenvalue weighted by Crippen LogP contribution is 2.22. The molecular weight excluding hydrogens is 273 g/mol. The second-order valence-electron chi connectivity index (χ2n) is 4.54. The molecule has 0 saturated carbocycles. The zero-order valence-electron chi connectivity index (χ0n) is 11.3. The number of carbonyl (C=O) groups is 1. The topological polar surface area (TPSA) is 83.8 Å². The molecule has 1 aromatic rings. The predicted molar refractivity (Wildman–Crippen MR) is 69.2 cm³/mol. The average Bonchev–Trinajstić information content (AvgIpc) is 2.70. The van der Waals surface area contributed by atoms with Crippen molar-refractivity contribution in [3.05, 3.63) is 11.4 Å². The maximum Gasteiger partial charge on any atom is 0.389 e. The lowest BCUT2D eigenvalue weighted by Gasteiger charge is -2.06. The third kappa shape index (κ3) is 5.10. The average molecular weight is 292 g/mol. The monoisotopic (exact) mass is 292 g/mol. The molecule has 1 amide bonds. The standard InChI is InChI=1S/C12H19F3N4O/c1-2-5-8-9(16)10(19-18-8)11(20)17-7-4-3-6-12(13,14)15/h2-7,16H2,1H3,(H,17,20)(H,18,19). The molecule has 1 rings (SSSR count). The number of hydrogen-bond acceptors (Lipinski definition) is 3. The summed E-state index contributed by atoms with van der Waals surface area (Å²) < 4.78 is 35.7. The number of unbranched alkanes of at least 4 members (excludes halogenated alkanes) is 1. The smallest absolute Gasteiger partial charge is 0.389 e. The van der Waals surface area contributed by atoms with Gasteiger partial charge in [-0.1, -0.05) is 13.3 Å². The number of hydrogen-bond donors (Lipinski definition) is 3. The van der Waals surface area contributed by atoms with E-state index in [0.29, 0.717) is 17.8 Å². The van der Waals surface area contributed by atoms with Gasteiger partial charge in [0.1, 0.15) is 0 Å². The van der Waals surface area contributed by atoms with E-state index in [1.165, 1.54) is 0 Å². The highest BCUT2D eigenvalue weighted by atomic mass is 19.4. The highest BCUT2D eigenvalue weighted by Gasteiger charge is 2.25. The largest absolute Gasteiger partial charge is 0.395 e. The molecule has 5 nitrogen and oxygen atoms in total. The van der Waals surface area contributed by atoms with Gasteiger partial charge in [-0.25, -0.2) is 0 Å². The molecule has 1 aromatic heterocycles. The highest BCUT2D eigenvalue weighted by molar-refractivity contribution is 5.97. The minimum atomic E-state index is -4.15. The molecule has 0 atom stereocenters. The molecule has 0 unspecified atom stereocenters. The Balaban J connectivity index is 2.36. The Morgan fingerprint density at radius 2 is 2.10 bits per heavy atom. The van der Waals surface area contributed by atoms with E-state index >= 15 is 0 Å². The number of rotatable bonds is 7. The van der Waals surface area contributed by atoms with Crippen molar-refractivity contribution in [3.63, 3.8) is 0 Å². The summed E-state index contributed by atoms with van der Waals surface area (Å²) in [5.41, 5.74) is 6.88. The SMILES string of the molecule is CCCc1[nH]nc(C(=O)NCCCCC(F)(F)F)c1N. The van der Waals surface area contributed by atoms with Crippen molar-refractivity contribution in [3.8, 4) is 0 Å². The van der Waals surface area contributed by atoms with Crippen LogP contribution in [-0.4, -0.2) is 28.8 Å². The Hall–Kier alpha value is -1.73. The van der Waals surface area contributed by atoms with Gasteiger partial charge in [-0.05, 0) is 19.3 Å². The van der Waals surface area contributed by atoms with Crippen molar-refractivity contribution < 1.29 is 18.0 Å². The first-order chi connectivity index (χ1) is 9.35. The fraction of sp³-hybridized carbons (Fsp3) is 0.667. The number of H-pyrrole nitrogens is 1. The van der Waals surface area contributed by atoms with Crippen LogP contribution in [0.5, 0.6) is 0 Å². The Kier molecular flexibility index (Phi) is 5.84. The molecule has 0 aromatic carbocycles. The molecule has 114 valence electrons. The maximum atomic E-state index is 11.9. The van der Waals surface area contributed by atoms with E-state index in [4.69, 9.17) is 5.73 Å². The zero-order valence-corrected chi connectivity index (χ0v) is 11.3. The summed E-state index contributed by atoms with van der Waals surface area (Å²) in [6, 6.07) is 0. The molecule has 0 aliphatic heterocycles. The van der Waals surface area contributed by atoms with Crippen molar-refractivity contribution in [1.82, 2.24) is 15.5 Å². The fourth-order valence-electron chi connectivity index (χ4n) is 1.74. The molecular formula is C12H19F3N4O. The number of amides is 1. The zero-order chi connectivity index (χ0) is 15.2. The summed E-state index contributed by atoms with van der Waals surface area (Å²) in [4.78, 5) is 11.7. The fourth-order valence-corrected chi connectivity index (χ4v) is 1.74. The van der Waals surface area contributed by atoms with Crippen molar-refractivity contribution in [1.29, 1.82) is 0 Å². The van der Waals surface area contributed by atoms with Crippen LogP contribution in [0.25, 0.3) is 0 Å². The van der Waals surface area contributed by atoms with Gasteiger partial charge in [0, 0.05) is 13.0 Å². The molecule has 0 saturated heterocycles. The first kappa shape index (κ1) is 16.3. The van der Waals surface area contributed by atoms with Crippen LogP contribution < -0.4 is 11.1 Å². The summed E-state index contributed by atoms with van der Waals surface area (Å²) in [6.07, 6.45) is -3.18. The van der Waals surface area contributed by atoms with Crippen LogP contribution in [0.15, 0.2) is 0 Å². The number of carbonyl (C=O) groups excluding carboxylic acids is 1. The van der Waals surface area contributed by atoms with Crippen LogP contribution in [0, 0.1) is 0 Å². The second-order valence-corrected chi connectivity index (χ2v) is 4.54. The first-order valence-corrected chi connectivity index (χ1v) is 6.52. The number of aryl methyl sites for hydroxylation is 1. The molecule has 0 aliphatic carbocycles. The summed E-state index contributed by atoms with van der Waals surface area (Å²) in [7, 11) is 0. The van der Waals surface area contributed by atoms with Crippen molar-refractivity contribution >= 4 is 11.6 Å². The molecule has 20 heavy (non-hydrogen) atoms. The number of nitrogens with two attached hydrogens (primary N) is 1. The third-order valence-corrected chi connectivity index (χ3v) is 2.77. The number of aromatic amines is 1. The van der Waals surface area contributed by atoms with Crippen LogP contribution in [-0.2, 0) is 6.42 Å². The van der Waals surface area contributed by atoms with Crippen LogP contribution >= 0.6 is 0 Å². The molecule has 0 radical (unpaired) electrons. The van der Waals surface area contributed by atoms with E-state index in [2.05, 4.69) is 15.5 Å². The summed E-state index contributed by atoms with van der Waals surface area (Å²) in [5, 5.41) is 9.04. The number of aromatic nitrogens is 2. The number of nitrogens with zero attached hydrogens (tertiary/aromatic N) is 1. The van der Waals surface area contributed by atoms with Crippen molar-refractivity contribution in [2.24, 2.45) is 0 Å². The van der Waals surface area contributed by atoms with Gasteiger partial charge < -0.3 is 11.1 Å². The van der Waals surface area contributed by atoms with Crippen LogP contribution in [0.2, 0.25) is 0 Å². The van der Waals surface area contributed by atoms with E-state index in [1.807, 2.05) is 6.92 Å². The van der Waals surface area contributed by atoms with Crippen molar-refractivity contribution in [2.45, 2.75) is 45.2 Å². The van der Waals surface area contributed by atoms with E-state index in [0.717, 1.165) is 6.42 Å². The lowest BCUT2D eigenvalue weighted by atomic mass is 10.2. The Labute approximate surface area is 115 Å². The number of alkyl halides is 3. The van der Waals surface area contributed by atoms with Gasteiger partial charge in [0.15, 0.2) is 5.69 Å². The van der Waals surface area contributed by atoms with Gasteiger partial charge in [-0.15, -0.1) is 0 Å². The molecule has 0 aliphatic rings. The number of nitrogen functional groups attached to an aromatic ring is 1. The number of halogens is 3. The van der Waals surface area contributed by atoms with E-state index in [-0.39, 0.29) is 25.1 Å². The van der Waals surface area contributed by atoms with Crippen LogP contribution in [0.4, 0.5) is 18.9 Å². The molecule has 1 heterocycles. The third-order valence-electron chi connectivity index (χ3n) is 2.77. The molecule has 8 heteroatoms. The Bertz CT molecular complexity index is 442. The number of anilines is 1. The quantitative estimate of drug-likeness (QED) is 0.675. The van der Waals surface area contributed by atoms with E-state index in [1.54, 1.807) is 0 Å². The molecule has 0 fully saturated rings. The summed E-state index contributed by atoms with van der Waals surface area (Å²) >= 11 is 0. The van der Waals surface area contributed by atoms with Gasteiger partial charge in [0.25, 0.3) is 5.91 Å². The van der Waals surface area contributed by atoms with Crippen LogP contribution in [0.1, 0.15) is 48.8 Å². The van der Waals surface area contributed by atoms with Crippen molar-refractivity contribution in [2.75, 3.05) is 12.3 Å². The Morgan fingerprint density at radius 1 is 1.40 bits per heavy atom. The Morgan fingerprint density at radius 3 is 2.70 bits per heavy atom.